The highest BCUT2D eigenvalue weighted by Gasteiger charge is 2.57. The fraction of sp³-hybridized carbons (Fsp3) is 0.714. The van der Waals surface area contributed by atoms with Gasteiger partial charge in [-0.05, 0) is 31.7 Å². The lowest BCUT2D eigenvalue weighted by molar-refractivity contribution is 0.0259. The molecule has 0 heterocycles. The smallest absolute Gasteiger partial charge is 0.129 e. The number of aliphatic hydroxyl groups is 1. The highest BCUT2D eigenvalue weighted by atomic mass is 28.3. The zero-order valence-electron chi connectivity index (χ0n) is 16.8. The van der Waals surface area contributed by atoms with Crippen molar-refractivity contribution in [3.05, 3.63) is 23.8 Å². The summed E-state index contributed by atoms with van der Waals surface area (Å²) in [6.07, 6.45) is 11.0. The van der Waals surface area contributed by atoms with E-state index >= 15 is 0 Å². The molecule has 1 nitrogen and oxygen atoms in total. The summed E-state index contributed by atoms with van der Waals surface area (Å²) < 4.78 is 0. The first kappa shape index (κ1) is 19.8. The first-order chi connectivity index (χ1) is 10.9. The molecular formula is C21H36OSi2. The molecule has 0 bridgehead atoms. The van der Waals surface area contributed by atoms with E-state index in [4.69, 9.17) is 0 Å². The van der Waals surface area contributed by atoms with E-state index in [0.29, 0.717) is 0 Å². The van der Waals surface area contributed by atoms with Crippen LogP contribution in [0.5, 0.6) is 0 Å². The maximum atomic E-state index is 11.1. The first-order valence-electron chi connectivity index (χ1n) is 9.48. The molecule has 24 heavy (non-hydrogen) atoms. The van der Waals surface area contributed by atoms with Gasteiger partial charge in [0, 0.05) is 18.9 Å². The van der Waals surface area contributed by atoms with Crippen LogP contribution in [0.2, 0.25) is 45.3 Å². The molecule has 134 valence electrons. The Kier molecular flexibility index (Phi) is 5.46. The van der Waals surface area contributed by atoms with E-state index in [1.807, 2.05) is 0 Å². The van der Waals surface area contributed by atoms with Crippen molar-refractivity contribution in [1.82, 2.24) is 0 Å². The topological polar surface area (TPSA) is 20.2 Å². The molecule has 0 aromatic heterocycles. The second kappa shape index (κ2) is 6.63. The maximum absolute atomic E-state index is 11.1. The van der Waals surface area contributed by atoms with Gasteiger partial charge in [0.2, 0.25) is 0 Å². The fourth-order valence-corrected chi connectivity index (χ4v) is 5.65. The third kappa shape index (κ3) is 3.98. The van der Waals surface area contributed by atoms with Crippen LogP contribution in [0.3, 0.4) is 0 Å². The van der Waals surface area contributed by atoms with Crippen molar-refractivity contribution < 1.29 is 5.11 Å². The molecule has 3 heteroatoms. The average Bonchev–Trinajstić information content (AvgIpc) is 2.74. The molecule has 0 aromatic rings. The standard InChI is InChI=1S/C21H36OSi2/c1-20-13-8-9-14-21(20,19(22)12-17-24(5,6)7)15-10-18(20)11-16-23(2,3)4/h9,11,14,19,22H,8,10,13,15-16H2,1-7H3/b18-11+/t19-,20-,21-/m0/s1. The lowest BCUT2D eigenvalue weighted by Gasteiger charge is -2.47. The summed E-state index contributed by atoms with van der Waals surface area (Å²) >= 11 is 0. The summed E-state index contributed by atoms with van der Waals surface area (Å²) in [5, 5.41) is 11.1. The summed E-state index contributed by atoms with van der Waals surface area (Å²) in [6, 6.07) is 1.24. The molecule has 1 saturated carbocycles. The summed E-state index contributed by atoms with van der Waals surface area (Å²) in [4.78, 5) is 0. The van der Waals surface area contributed by atoms with Crippen LogP contribution in [-0.2, 0) is 0 Å². The van der Waals surface area contributed by atoms with Crippen molar-refractivity contribution in [3.8, 4) is 11.5 Å². The van der Waals surface area contributed by atoms with Crippen LogP contribution in [-0.4, -0.2) is 27.4 Å². The van der Waals surface area contributed by atoms with E-state index in [0.717, 1.165) is 25.7 Å². The van der Waals surface area contributed by atoms with Crippen molar-refractivity contribution in [3.63, 3.8) is 0 Å². The highest BCUT2D eigenvalue weighted by molar-refractivity contribution is 6.83. The van der Waals surface area contributed by atoms with Crippen molar-refractivity contribution in [2.75, 3.05) is 0 Å². The molecule has 3 atom stereocenters. The van der Waals surface area contributed by atoms with Gasteiger partial charge in [-0.3, -0.25) is 0 Å². The zero-order chi connectivity index (χ0) is 18.2. The van der Waals surface area contributed by atoms with Gasteiger partial charge < -0.3 is 5.11 Å². The molecule has 0 aromatic carbocycles. The van der Waals surface area contributed by atoms with Gasteiger partial charge in [0.1, 0.15) is 14.2 Å². The number of aliphatic hydroxyl groups excluding tert-OH is 1. The number of fused-ring (bicyclic) bond motifs is 1. The van der Waals surface area contributed by atoms with Crippen molar-refractivity contribution in [1.29, 1.82) is 0 Å². The number of hydrogen-bond acceptors (Lipinski definition) is 1. The van der Waals surface area contributed by atoms with Crippen molar-refractivity contribution in [2.24, 2.45) is 10.8 Å². The lowest BCUT2D eigenvalue weighted by atomic mass is 9.58. The number of hydrogen-bond donors (Lipinski definition) is 1. The summed E-state index contributed by atoms with van der Waals surface area (Å²) in [5.74, 6) is 3.27. The minimum Gasteiger partial charge on any atom is -0.379 e. The molecule has 2 aliphatic rings. The third-order valence-electron chi connectivity index (χ3n) is 5.80. The second-order valence-electron chi connectivity index (χ2n) is 10.2. The van der Waals surface area contributed by atoms with E-state index < -0.39 is 22.3 Å². The summed E-state index contributed by atoms with van der Waals surface area (Å²) in [6.45, 7) is 16.4. The van der Waals surface area contributed by atoms with E-state index in [2.05, 4.69) is 75.9 Å². The Hall–Kier alpha value is -0.566. The zero-order valence-corrected chi connectivity index (χ0v) is 18.8. The molecule has 0 spiro atoms. The Labute approximate surface area is 151 Å². The molecule has 1 fully saturated rings. The normalized spacial score (nSPS) is 33.1. The molecule has 2 aliphatic carbocycles. The van der Waals surface area contributed by atoms with Crippen LogP contribution < -0.4 is 0 Å². The van der Waals surface area contributed by atoms with Gasteiger partial charge in [0.05, 0.1) is 0 Å². The Morgan fingerprint density at radius 1 is 1.21 bits per heavy atom. The molecule has 0 amide bonds. The van der Waals surface area contributed by atoms with Gasteiger partial charge >= 0.3 is 0 Å². The summed E-state index contributed by atoms with van der Waals surface area (Å²) in [7, 11) is -2.55. The Balaban J connectivity index is 2.38. The first-order valence-corrected chi connectivity index (χ1v) is 16.7. The van der Waals surface area contributed by atoms with Crippen molar-refractivity contribution >= 4 is 16.1 Å². The molecule has 2 rings (SSSR count). The molecule has 0 unspecified atom stereocenters. The van der Waals surface area contributed by atoms with Crippen LogP contribution in [0, 0.1) is 22.3 Å². The van der Waals surface area contributed by atoms with Gasteiger partial charge in [-0.2, -0.15) is 0 Å². The van der Waals surface area contributed by atoms with E-state index in [1.54, 1.807) is 5.57 Å². The number of rotatable bonds is 3. The lowest BCUT2D eigenvalue weighted by Crippen LogP contribution is -2.45. The van der Waals surface area contributed by atoms with Gasteiger partial charge in [0.25, 0.3) is 0 Å². The van der Waals surface area contributed by atoms with Crippen LogP contribution in [0.25, 0.3) is 0 Å². The van der Waals surface area contributed by atoms with Gasteiger partial charge in [-0.1, -0.05) is 75.9 Å². The molecule has 0 aliphatic heterocycles. The second-order valence-corrected chi connectivity index (χ2v) is 20.5. The largest absolute Gasteiger partial charge is 0.379 e. The Morgan fingerprint density at radius 2 is 1.88 bits per heavy atom. The van der Waals surface area contributed by atoms with Crippen LogP contribution in [0.4, 0.5) is 0 Å². The van der Waals surface area contributed by atoms with E-state index in [9.17, 15) is 5.11 Å². The fourth-order valence-electron chi connectivity index (χ4n) is 4.22. The number of allylic oxidation sites excluding steroid dienone is 3. The monoisotopic (exact) mass is 360 g/mol. The minimum atomic E-state index is -1.47. The van der Waals surface area contributed by atoms with Crippen LogP contribution in [0.15, 0.2) is 23.8 Å². The predicted octanol–water partition coefficient (Wildman–Crippen LogP) is 5.63. The van der Waals surface area contributed by atoms with Crippen LogP contribution >= 0.6 is 0 Å². The van der Waals surface area contributed by atoms with Crippen molar-refractivity contribution in [2.45, 2.75) is 84.0 Å². The maximum Gasteiger partial charge on any atom is 0.129 e. The van der Waals surface area contributed by atoms with Gasteiger partial charge in [0.15, 0.2) is 0 Å². The highest BCUT2D eigenvalue weighted by Crippen LogP contribution is 2.62. The average molecular weight is 361 g/mol. The molecular weight excluding hydrogens is 324 g/mol. The van der Waals surface area contributed by atoms with Gasteiger partial charge in [-0.15, -0.1) is 5.54 Å². The molecule has 1 N–H and O–H groups in total. The molecule has 0 radical (unpaired) electrons. The predicted molar refractivity (Wildman–Crippen MR) is 112 cm³/mol. The third-order valence-corrected chi connectivity index (χ3v) is 8.13. The van der Waals surface area contributed by atoms with Gasteiger partial charge in [-0.25, -0.2) is 0 Å². The van der Waals surface area contributed by atoms with E-state index in [1.165, 1.54) is 6.04 Å². The quantitative estimate of drug-likeness (QED) is 0.393. The Bertz CT molecular complexity index is 594. The SMILES string of the molecule is C[C@@]12CCC=C[C@@]1([C@@H](O)C#C[Si](C)(C)C)CC/C2=C\C[Si](C)(C)C. The van der Waals surface area contributed by atoms with E-state index in [-0.39, 0.29) is 10.8 Å². The Morgan fingerprint density at radius 3 is 2.46 bits per heavy atom. The van der Waals surface area contributed by atoms with Crippen LogP contribution in [0.1, 0.15) is 32.6 Å². The minimum absolute atomic E-state index is 0.0783. The molecule has 0 saturated heterocycles. The summed E-state index contributed by atoms with van der Waals surface area (Å²) in [5.41, 5.74) is 4.89.